The highest BCUT2D eigenvalue weighted by Crippen LogP contribution is 2.24. The first-order valence-corrected chi connectivity index (χ1v) is 5.68. The first kappa shape index (κ1) is 14.8. The molecule has 1 rings (SSSR count). The highest BCUT2D eigenvalue weighted by molar-refractivity contribution is 4.89. The molecule has 1 heterocycles. The molecule has 6 heteroatoms. The zero-order chi connectivity index (χ0) is 13.2. The summed E-state index contributed by atoms with van der Waals surface area (Å²) in [7, 11) is 0. The van der Waals surface area contributed by atoms with E-state index in [0.717, 1.165) is 0 Å². The van der Waals surface area contributed by atoms with Crippen LogP contribution in [0.4, 0.5) is 0 Å². The Hall–Kier alpha value is -0.240. The van der Waals surface area contributed by atoms with Crippen molar-refractivity contribution in [1.82, 2.24) is 0 Å². The van der Waals surface area contributed by atoms with Crippen LogP contribution in [0.5, 0.6) is 0 Å². The molecule has 0 aliphatic carbocycles. The van der Waals surface area contributed by atoms with E-state index in [1.54, 1.807) is 0 Å². The third-order valence-electron chi connectivity index (χ3n) is 2.53. The summed E-state index contributed by atoms with van der Waals surface area (Å²) in [6.07, 6.45) is -6.01. The molecule has 0 radical (unpaired) electrons. The highest BCUT2D eigenvalue weighted by atomic mass is 16.7. The zero-order valence-corrected chi connectivity index (χ0v) is 10.4. The van der Waals surface area contributed by atoms with Crippen molar-refractivity contribution < 1.29 is 29.9 Å². The normalized spacial score (nSPS) is 39.4. The topological polar surface area (TPSA) is 99.4 Å². The van der Waals surface area contributed by atoms with E-state index in [-0.39, 0.29) is 5.41 Å². The maximum Gasteiger partial charge on any atom is 0.186 e. The van der Waals surface area contributed by atoms with Gasteiger partial charge in [-0.15, -0.1) is 0 Å². The summed E-state index contributed by atoms with van der Waals surface area (Å²) in [5.74, 6) is 0. The predicted octanol–water partition coefficient (Wildman–Crippen LogP) is -1.15. The molecule has 0 amide bonds. The van der Waals surface area contributed by atoms with Gasteiger partial charge in [0, 0.05) is 0 Å². The maximum atomic E-state index is 9.68. The molecule has 4 N–H and O–H groups in total. The number of aliphatic hydroxyl groups is 4. The van der Waals surface area contributed by atoms with E-state index < -0.39 is 37.3 Å². The fraction of sp³-hybridized carbons (Fsp3) is 1.00. The molecule has 0 aromatic rings. The van der Waals surface area contributed by atoms with E-state index in [1.807, 2.05) is 20.8 Å². The molecule has 17 heavy (non-hydrogen) atoms. The quantitative estimate of drug-likeness (QED) is 0.505. The summed E-state index contributed by atoms with van der Waals surface area (Å²) in [5.41, 5.74) is -0.112. The lowest BCUT2D eigenvalue weighted by Crippen LogP contribution is -2.59. The Balaban J connectivity index is 2.59. The predicted molar refractivity (Wildman–Crippen MR) is 59.2 cm³/mol. The number of ether oxygens (including phenoxy) is 2. The monoisotopic (exact) mass is 250 g/mol. The molecule has 0 spiro atoms. The summed E-state index contributed by atoms with van der Waals surface area (Å²) in [6, 6.07) is 0. The zero-order valence-electron chi connectivity index (χ0n) is 10.4. The molecule has 0 saturated carbocycles. The minimum absolute atomic E-state index is 0.112. The van der Waals surface area contributed by atoms with Crippen LogP contribution in [0.1, 0.15) is 20.8 Å². The number of hydrogen-bond acceptors (Lipinski definition) is 6. The molecular weight excluding hydrogens is 228 g/mol. The van der Waals surface area contributed by atoms with Crippen LogP contribution in [0.2, 0.25) is 0 Å². The SMILES string of the molecule is CC(C)(C)CO[C@@H]1OC(CO)[C@H](O)[C@H](O)C1O. The lowest BCUT2D eigenvalue weighted by Gasteiger charge is -2.40. The smallest absolute Gasteiger partial charge is 0.186 e. The van der Waals surface area contributed by atoms with Crippen molar-refractivity contribution in [3.05, 3.63) is 0 Å². The van der Waals surface area contributed by atoms with Gasteiger partial charge in [-0.1, -0.05) is 20.8 Å². The van der Waals surface area contributed by atoms with E-state index in [9.17, 15) is 15.3 Å². The van der Waals surface area contributed by atoms with Gasteiger partial charge in [0.2, 0.25) is 0 Å². The summed E-state index contributed by atoms with van der Waals surface area (Å²) >= 11 is 0. The lowest BCUT2D eigenvalue weighted by molar-refractivity contribution is -0.305. The van der Waals surface area contributed by atoms with Crippen LogP contribution in [0.25, 0.3) is 0 Å². The molecule has 1 saturated heterocycles. The maximum absolute atomic E-state index is 9.68. The van der Waals surface area contributed by atoms with Crippen molar-refractivity contribution in [3.63, 3.8) is 0 Å². The molecule has 1 aliphatic rings. The third-order valence-corrected chi connectivity index (χ3v) is 2.53. The Labute approximate surface area is 101 Å². The number of aliphatic hydroxyl groups excluding tert-OH is 4. The first-order valence-electron chi connectivity index (χ1n) is 5.68. The van der Waals surface area contributed by atoms with E-state index >= 15 is 0 Å². The van der Waals surface area contributed by atoms with Crippen molar-refractivity contribution >= 4 is 0 Å². The number of rotatable bonds is 3. The Morgan fingerprint density at radius 1 is 1.06 bits per heavy atom. The van der Waals surface area contributed by atoms with Gasteiger partial charge in [-0.3, -0.25) is 0 Å². The fourth-order valence-corrected chi connectivity index (χ4v) is 1.54. The largest absolute Gasteiger partial charge is 0.394 e. The van der Waals surface area contributed by atoms with Crippen LogP contribution >= 0.6 is 0 Å². The Morgan fingerprint density at radius 2 is 1.65 bits per heavy atom. The van der Waals surface area contributed by atoms with Gasteiger partial charge in [0.25, 0.3) is 0 Å². The summed E-state index contributed by atoms with van der Waals surface area (Å²) in [6.45, 7) is 5.75. The van der Waals surface area contributed by atoms with Gasteiger partial charge in [0.05, 0.1) is 13.2 Å². The van der Waals surface area contributed by atoms with Crippen molar-refractivity contribution in [2.75, 3.05) is 13.2 Å². The highest BCUT2D eigenvalue weighted by Gasteiger charge is 2.44. The molecule has 5 atom stereocenters. The molecule has 2 unspecified atom stereocenters. The van der Waals surface area contributed by atoms with Gasteiger partial charge in [-0.25, -0.2) is 0 Å². The van der Waals surface area contributed by atoms with Gasteiger partial charge in [-0.05, 0) is 5.41 Å². The standard InChI is InChI=1S/C11H22O6/c1-11(2,3)5-16-10-9(15)8(14)7(13)6(4-12)17-10/h6-10,12-15H,4-5H2,1-3H3/t6?,7-,8-,9?,10+/m0/s1. The lowest BCUT2D eigenvalue weighted by atomic mass is 9.97. The van der Waals surface area contributed by atoms with Crippen molar-refractivity contribution in [2.45, 2.75) is 51.5 Å². The third kappa shape index (κ3) is 3.87. The van der Waals surface area contributed by atoms with Gasteiger partial charge in [0.1, 0.15) is 24.4 Å². The van der Waals surface area contributed by atoms with Crippen molar-refractivity contribution in [3.8, 4) is 0 Å². The second-order valence-electron chi connectivity index (χ2n) is 5.57. The van der Waals surface area contributed by atoms with Gasteiger partial charge in [-0.2, -0.15) is 0 Å². The molecule has 1 fully saturated rings. The van der Waals surface area contributed by atoms with Crippen molar-refractivity contribution in [1.29, 1.82) is 0 Å². The van der Waals surface area contributed by atoms with Crippen LogP contribution in [0, 0.1) is 5.41 Å². The van der Waals surface area contributed by atoms with Crippen LogP contribution < -0.4 is 0 Å². The fourth-order valence-electron chi connectivity index (χ4n) is 1.54. The van der Waals surface area contributed by atoms with Crippen LogP contribution in [-0.4, -0.2) is 64.3 Å². The average molecular weight is 250 g/mol. The average Bonchev–Trinajstić information content (AvgIpc) is 2.24. The molecule has 102 valence electrons. The number of hydrogen-bond donors (Lipinski definition) is 4. The van der Waals surface area contributed by atoms with Gasteiger partial charge in [0.15, 0.2) is 6.29 Å². The first-order chi connectivity index (χ1) is 7.76. The minimum atomic E-state index is -1.38. The van der Waals surface area contributed by atoms with E-state index in [2.05, 4.69) is 0 Å². The molecule has 0 bridgehead atoms. The van der Waals surface area contributed by atoms with Crippen LogP contribution in [0.3, 0.4) is 0 Å². The summed E-state index contributed by atoms with van der Waals surface area (Å²) < 4.78 is 10.5. The van der Waals surface area contributed by atoms with Crippen LogP contribution in [-0.2, 0) is 9.47 Å². The summed E-state index contributed by atoms with van der Waals surface area (Å²) in [5, 5.41) is 37.7. The summed E-state index contributed by atoms with van der Waals surface area (Å²) in [4.78, 5) is 0. The molecular formula is C11H22O6. The van der Waals surface area contributed by atoms with Gasteiger partial charge < -0.3 is 29.9 Å². The second-order valence-corrected chi connectivity index (χ2v) is 5.57. The van der Waals surface area contributed by atoms with E-state index in [4.69, 9.17) is 14.6 Å². The molecule has 0 aromatic carbocycles. The molecule has 1 aliphatic heterocycles. The molecule has 0 aromatic heterocycles. The molecule has 6 nitrogen and oxygen atoms in total. The van der Waals surface area contributed by atoms with E-state index in [0.29, 0.717) is 6.61 Å². The van der Waals surface area contributed by atoms with E-state index in [1.165, 1.54) is 0 Å². The van der Waals surface area contributed by atoms with Crippen LogP contribution in [0.15, 0.2) is 0 Å². The van der Waals surface area contributed by atoms with Gasteiger partial charge >= 0.3 is 0 Å². The minimum Gasteiger partial charge on any atom is -0.394 e. The Kier molecular flexibility index (Phi) is 4.88. The Morgan fingerprint density at radius 3 is 2.12 bits per heavy atom. The van der Waals surface area contributed by atoms with Crippen molar-refractivity contribution in [2.24, 2.45) is 5.41 Å². The Bertz CT molecular complexity index is 237. The second kappa shape index (κ2) is 5.60.